The van der Waals surface area contributed by atoms with Crippen LogP contribution in [0.15, 0.2) is 55.0 Å². The molecule has 13 nitrogen and oxygen atoms in total. The summed E-state index contributed by atoms with van der Waals surface area (Å²) in [5.74, 6) is 0.929. The van der Waals surface area contributed by atoms with Crippen molar-refractivity contribution in [3.63, 3.8) is 0 Å². The van der Waals surface area contributed by atoms with E-state index in [4.69, 9.17) is 21.1 Å². The molecule has 1 aliphatic rings. The van der Waals surface area contributed by atoms with Gasteiger partial charge in [0.2, 0.25) is 17.7 Å². The average Bonchev–Trinajstić information content (AvgIpc) is 3.58. The van der Waals surface area contributed by atoms with E-state index in [1.807, 2.05) is 39.8 Å². The quantitative estimate of drug-likeness (QED) is 0.155. The van der Waals surface area contributed by atoms with Crippen LogP contribution in [0.2, 0.25) is 5.02 Å². The van der Waals surface area contributed by atoms with E-state index in [9.17, 15) is 14.4 Å². The monoisotopic (exact) mass is 702 g/mol. The Bertz CT molecular complexity index is 1880. The van der Waals surface area contributed by atoms with Crippen molar-refractivity contribution >= 4 is 57.4 Å². The van der Waals surface area contributed by atoms with Crippen molar-refractivity contribution in [2.45, 2.75) is 65.6 Å². The summed E-state index contributed by atoms with van der Waals surface area (Å²) in [4.78, 5) is 55.2. The molecular formula is C36H43ClN8O5. The van der Waals surface area contributed by atoms with Gasteiger partial charge >= 0.3 is 0 Å². The predicted octanol–water partition coefficient (Wildman–Crippen LogP) is 5.60. The van der Waals surface area contributed by atoms with Crippen molar-refractivity contribution in [2.24, 2.45) is 5.41 Å². The fraction of sp³-hybridized carbons (Fsp3) is 0.389. The second-order valence-electron chi connectivity index (χ2n) is 13.3. The molecule has 0 bridgehead atoms. The molecule has 0 spiro atoms. The minimum Gasteiger partial charge on any atom is -0.494 e. The highest BCUT2D eigenvalue weighted by Gasteiger charge is 2.42. The number of nitrogens with zero attached hydrogens (tertiary/aromatic N) is 4. The van der Waals surface area contributed by atoms with Crippen LogP contribution in [0.4, 0.5) is 17.2 Å². The zero-order chi connectivity index (χ0) is 36.2. The van der Waals surface area contributed by atoms with Gasteiger partial charge in [0, 0.05) is 29.4 Å². The number of rotatable bonds is 11. The lowest BCUT2D eigenvalue weighted by molar-refractivity contribution is -0.143. The number of hydrogen-bond donors (Lipinski definition) is 4. The van der Waals surface area contributed by atoms with E-state index in [0.717, 1.165) is 5.69 Å². The number of nitrogens with one attached hydrogen (secondary N) is 4. The molecule has 0 saturated carbocycles. The van der Waals surface area contributed by atoms with Gasteiger partial charge in [0.25, 0.3) is 0 Å². The first-order valence-corrected chi connectivity index (χ1v) is 16.8. The zero-order valence-electron chi connectivity index (χ0n) is 29.3. The average molecular weight is 703 g/mol. The number of fused-ring (bicyclic) bond motifs is 1. The number of anilines is 3. The summed E-state index contributed by atoms with van der Waals surface area (Å²) >= 11 is 6.57. The fourth-order valence-corrected chi connectivity index (χ4v) is 5.84. The number of aryl methyl sites for hydroxylation is 1. The Balaban J connectivity index is 1.37. The number of ether oxygens (including phenoxy) is 2. The largest absolute Gasteiger partial charge is 0.494 e. The topological polar surface area (TPSA) is 160 Å². The van der Waals surface area contributed by atoms with Crippen LogP contribution < -0.4 is 30.7 Å². The molecular weight excluding hydrogens is 660 g/mol. The van der Waals surface area contributed by atoms with Crippen LogP contribution in [-0.2, 0) is 14.4 Å². The number of amides is 3. The number of aromatic nitrogens is 3. The summed E-state index contributed by atoms with van der Waals surface area (Å²) in [6.45, 7) is 9.67. The molecule has 1 aliphatic heterocycles. The van der Waals surface area contributed by atoms with Gasteiger partial charge in [-0.25, -0.2) is 9.97 Å². The molecule has 0 aliphatic carbocycles. The van der Waals surface area contributed by atoms with Crippen LogP contribution in [0, 0.1) is 12.3 Å². The lowest BCUT2D eigenvalue weighted by Gasteiger charge is -2.36. The molecule has 1 saturated heterocycles. The number of likely N-dealkylation sites (N-methyl/N-ethyl adjacent to an activating group) is 1. The van der Waals surface area contributed by atoms with Gasteiger partial charge in [0.1, 0.15) is 41.5 Å². The SMILES string of the molecule is CN[C@@H](C)C(=O)N[C@H](C(=O)N1CCCC1C(=O)Nc1cc2c(Nc3ccc(Oc4ccc(C)nc4)c(Cl)c3)ncnc2cc1OC)C(C)(C)C. The van der Waals surface area contributed by atoms with E-state index in [2.05, 4.69) is 36.2 Å². The normalized spacial score (nSPS) is 15.7. The molecule has 2 aromatic carbocycles. The number of benzene rings is 2. The van der Waals surface area contributed by atoms with Crippen molar-refractivity contribution in [1.82, 2.24) is 30.5 Å². The van der Waals surface area contributed by atoms with Crippen molar-refractivity contribution in [1.29, 1.82) is 0 Å². The van der Waals surface area contributed by atoms with Gasteiger partial charge in [-0.2, -0.15) is 0 Å². The summed E-state index contributed by atoms with van der Waals surface area (Å²) in [5.41, 5.74) is 1.90. The van der Waals surface area contributed by atoms with Crippen LogP contribution in [0.3, 0.4) is 0 Å². The van der Waals surface area contributed by atoms with Gasteiger partial charge in [-0.1, -0.05) is 32.4 Å². The van der Waals surface area contributed by atoms with E-state index in [-0.39, 0.29) is 17.7 Å². The Labute approximate surface area is 296 Å². The number of carbonyl (C=O) groups excluding carboxylic acids is 3. The molecule has 1 unspecified atom stereocenters. The summed E-state index contributed by atoms with van der Waals surface area (Å²) in [5, 5.41) is 13.0. The van der Waals surface area contributed by atoms with Gasteiger partial charge in [0.05, 0.1) is 35.6 Å². The highest BCUT2D eigenvalue weighted by Crippen LogP contribution is 2.36. The Morgan fingerprint density at radius 3 is 2.48 bits per heavy atom. The number of pyridine rings is 1. The van der Waals surface area contributed by atoms with Gasteiger partial charge < -0.3 is 35.6 Å². The summed E-state index contributed by atoms with van der Waals surface area (Å²) in [6, 6.07) is 10.3. The molecule has 3 heterocycles. The molecule has 4 aromatic rings. The maximum Gasteiger partial charge on any atom is 0.247 e. The molecule has 3 amide bonds. The standard InChI is InChI=1S/C36H43ClN8O5/c1-20-10-12-23(18-39-20)50-29-13-11-22(15-25(29)37)42-32-24-16-27(30(49-7)17-26(24)40-19-41-32)43-34(47)28-9-8-14-45(28)35(48)31(36(3,4)5)44-33(46)21(2)38-6/h10-13,15-19,21,28,31,38H,8-9,14H2,1-7H3,(H,43,47)(H,44,46)(H,40,41,42)/t21-,28?,31+/m0/s1. The van der Waals surface area contributed by atoms with Crippen LogP contribution in [0.5, 0.6) is 17.2 Å². The molecule has 2 aromatic heterocycles. The molecule has 3 atom stereocenters. The van der Waals surface area contributed by atoms with Crippen molar-refractivity contribution in [2.75, 3.05) is 31.3 Å². The van der Waals surface area contributed by atoms with Crippen LogP contribution >= 0.6 is 11.6 Å². The van der Waals surface area contributed by atoms with Crippen LogP contribution in [0.25, 0.3) is 10.9 Å². The molecule has 50 heavy (non-hydrogen) atoms. The Morgan fingerprint density at radius 1 is 1.04 bits per heavy atom. The third-order valence-electron chi connectivity index (χ3n) is 8.59. The highest BCUT2D eigenvalue weighted by atomic mass is 35.5. The number of methoxy groups -OCH3 is 1. The van der Waals surface area contributed by atoms with E-state index >= 15 is 0 Å². The van der Waals surface area contributed by atoms with Crippen molar-refractivity contribution in [3.05, 3.63) is 65.7 Å². The van der Waals surface area contributed by atoms with E-state index in [1.165, 1.54) is 13.4 Å². The zero-order valence-corrected chi connectivity index (χ0v) is 30.0. The van der Waals surface area contributed by atoms with Crippen molar-refractivity contribution in [3.8, 4) is 17.2 Å². The van der Waals surface area contributed by atoms with Gasteiger partial charge in [-0.05, 0) is 75.5 Å². The predicted molar refractivity (Wildman–Crippen MR) is 193 cm³/mol. The van der Waals surface area contributed by atoms with E-state index in [0.29, 0.717) is 69.8 Å². The summed E-state index contributed by atoms with van der Waals surface area (Å²) < 4.78 is 11.5. The molecule has 14 heteroatoms. The smallest absolute Gasteiger partial charge is 0.247 e. The molecule has 1 fully saturated rings. The first-order valence-electron chi connectivity index (χ1n) is 16.4. The number of hydrogen-bond acceptors (Lipinski definition) is 10. The van der Waals surface area contributed by atoms with Crippen LogP contribution in [0.1, 0.15) is 46.2 Å². The Hall–Kier alpha value is -5.01. The second-order valence-corrected chi connectivity index (χ2v) is 13.7. The number of likely N-dealkylation sites (tertiary alicyclic amines) is 1. The molecule has 5 rings (SSSR count). The molecule has 0 radical (unpaired) electrons. The Kier molecular flexibility index (Phi) is 11.1. The van der Waals surface area contributed by atoms with Gasteiger partial charge in [-0.3, -0.25) is 19.4 Å². The maximum absolute atomic E-state index is 13.9. The Morgan fingerprint density at radius 2 is 1.82 bits per heavy atom. The van der Waals surface area contributed by atoms with Crippen LogP contribution in [-0.4, -0.2) is 76.4 Å². The minimum absolute atomic E-state index is 0.292. The molecule has 4 N–H and O–H groups in total. The van der Waals surface area contributed by atoms with E-state index in [1.54, 1.807) is 55.4 Å². The number of carbonyl (C=O) groups is 3. The first kappa shape index (κ1) is 36.3. The second kappa shape index (κ2) is 15.3. The lowest BCUT2D eigenvalue weighted by atomic mass is 9.85. The van der Waals surface area contributed by atoms with Gasteiger partial charge in [0.15, 0.2) is 0 Å². The summed E-state index contributed by atoms with van der Waals surface area (Å²) in [7, 11) is 3.18. The lowest BCUT2D eigenvalue weighted by Crippen LogP contribution is -2.59. The minimum atomic E-state index is -0.825. The van der Waals surface area contributed by atoms with Crippen molar-refractivity contribution < 1.29 is 23.9 Å². The number of halogens is 1. The van der Waals surface area contributed by atoms with Gasteiger partial charge in [-0.15, -0.1) is 0 Å². The first-order chi connectivity index (χ1) is 23.8. The third kappa shape index (κ3) is 8.23. The highest BCUT2D eigenvalue weighted by molar-refractivity contribution is 6.32. The fourth-order valence-electron chi connectivity index (χ4n) is 5.62. The summed E-state index contributed by atoms with van der Waals surface area (Å²) in [6.07, 6.45) is 4.18. The third-order valence-corrected chi connectivity index (χ3v) is 8.88. The van der Waals surface area contributed by atoms with E-state index < -0.39 is 23.5 Å². The molecule has 264 valence electrons. The maximum atomic E-state index is 13.9.